The molecule has 0 bridgehead atoms. The summed E-state index contributed by atoms with van der Waals surface area (Å²) in [6, 6.07) is 9.08. The predicted octanol–water partition coefficient (Wildman–Crippen LogP) is 4.22. The second-order valence-corrected chi connectivity index (χ2v) is 4.55. The van der Waals surface area contributed by atoms with Crippen molar-refractivity contribution in [2.24, 2.45) is 0 Å². The zero-order valence-electron chi connectivity index (χ0n) is 10.9. The minimum absolute atomic E-state index is 0.522. The van der Waals surface area contributed by atoms with Crippen molar-refractivity contribution in [2.45, 2.75) is 39.7 Å². The lowest BCUT2D eigenvalue weighted by molar-refractivity contribution is 0.428. The van der Waals surface area contributed by atoms with Gasteiger partial charge >= 0.3 is 0 Å². The fraction of sp³-hybridized carbons (Fsp3) is 0.400. The molecule has 0 radical (unpaired) electrons. The van der Waals surface area contributed by atoms with E-state index in [9.17, 15) is 0 Å². The topological polar surface area (TPSA) is 17.8 Å². The highest BCUT2D eigenvalue weighted by molar-refractivity contribution is 5.62. The van der Waals surface area contributed by atoms with Crippen LogP contribution in [0.1, 0.15) is 38.3 Å². The monoisotopic (exact) mass is 228 g/mol. The Balaban J connectivity index is 2.29. The zero-order valence-corrected chi connectivity index (χ0v) is 10.9. The molecule has 0 fully saturated rings. The quantitative estimate of drug-likeness (QED) is 0.766. The van der Waals surface area contributed by atoms with Crippen molar-refractivity contribution in [1.29, 1.82) is 0 Å². The van der Waals surface area contributed by atoms with E-state index in [1.807, 2.05) is 6.20 Å². The van der Waals surface area contributed by atoms with Gasteiger partial charge in [-0.2, -0.15) is 5.10 Å². The second kappa shape index (κ2) is 5.17. The molecule has 0 aliphatic carbocycles. The molecule has 0 spiro atoms. The Labute approximate surface area is 103 Å². The van der Waals surface area contributed by atoms with Gasteiger partial charge in [-0.25, -0.2) is 0 Å². The molecule has 2 rings (SSSR count). The Bertz CT molecular complexity index is 481. The fourth-order valence-electron chi connectivity index (χ4n) is 2.17. The first-order chi connectivity index (χ1) is 8.24. The molecule has 90 valence electrons. The predicted molar refractivity (Wildman–Crippen MR) is 72.0 cm³/mol. The van der Waals surface area contributed by atoms with Crippen LogP contribution in [0.15, 0.2) is 36.7 Å². The Morgan fingerprint density at radius 1 is 1.18 bits per heavy atom. The first-order valence-electron chi connectivity index (χ1n) is 6.35. The van der Waals surface area contributed by atoms with E-state index in [0.717, 1.165) is 12.8 Å². The van der Waals surface area contributed by atoms with Crippen molar-refractivity contribution in [1.82, 2.24) is 9.78 Å². The summed E-state index contributed by atoms with van der Waals surface area (Å²) < 4.78 is 2.09. The largest absolute Gasteiger partial charge is 0.269 e. The van der Waals surface area contributed by atoms with Crippen molar-refractivity contribution in [3.8, 4) is 11.1 Å². The van der Waals surface area contributed by atoms with Gasteiger partial charge in [-0.1, -0.05) is 43.7 Å². The summed E-state index contributed by atoms with van der Waals surface area (Å²) in [4.78, 5) is 0. The lowest BCUT2D eigenvalue weighted by Gasteiger charge is -2.12. The summed E-state index contributed by atoms with van der Waals surface area (Å²) in [5.41, 5.74) is 3.75. The van der Waals surface area contributed by atoms with E-state index >= 15 is 0 Å². The minimum atomic E-state index is 0.522. The number of aryl methyl sites for hydroxylation is 1. The van der Waals surface area contributed by atoms with Gasteiger partial charge in [0.2, 0.25) is 0 Å². The SMILES string of the molecule is CCC(CC)n1cc(-c2cccc(C)c2)cn1. The lowest BCUT2D eigenvalue weighted by atomic mass is 10.1. The fourth-order valence-corrected chi connectivity index (χ4v) is 2.17. The smallest absolute Gasteiger partial charge is 0.0568 e. The Morgan fingerprint density at radius 3 is 2.59 bits per heavy atom. The first-order valence-corrected chi connectivity index (χ1v) is 6.35. The van der Waals surface area contributed by atoms with Crippen molar-refractivity contribution < 1.29 is 0 Å². The normalized spacial score (nSPS) is 11.1. The maximum Gasteiger partial charge on any atom is 0.0568 e. The van der Waals surface area contributed by atoms with Crippen molar-refractivity contribution in [3.05, 3.63) is 42.2 Å². The molecule has 0 aliphatic heterocycles. The van der Waals surface area contributed by atoms with Gasteiger partial charge in [-0.3, -0.25) is 4.68 Å². The standard InChI is InChI=1S/C15H20N2/c1-4-15(5-2)17-11-14(10-16-17)13-8-6-7-12(3)9-13/h6-11,15H,4-5H2,1-3H3. The molecule has 0 aliphatic rings. The van der Waals surface area contributed by atoms with E-state index < -0.39 is 0 Å². The molecule has 1 aromatic heterocycles. The number of benzene rings is 1. The van der Waals surface area contributed by atoms with Crippen molar-refractivity contribution >= 4 is 0 Å². The summed E-state index contributed by atoms with van der Waals surface area (Å²) in [5, 5.41) is 4.48. The van der Waals surface area contributed by atoms with Gasteiger partial charge in [-0.05, 0) is 25.3 Å². The van der Waals surface area contributed by atoms with E-state index in [2.05, 4.69) is 61.0 Å². The Kier molecular flexibility index (Phi) is 3.62. The molecule has 1 aromatic carbocycles. The third-order valence-corrected chi connectivity index (χ3v) is 3.27. The summed E-state index contributed by atoms with van der Waals surface area (Å²) in [6.45, 7) is 6.54. The average Bonchev–Trinajstić information content (AvgIpc) is 2.80. The van der Waals surface area contributed by atoms with E-state index in [0.29, 0.717) is 6.04 Å². The third kappa shape index (κ3) is 2.57. The van der Waals surface area contributed by atoms with E-state index in [-0.39, 0.29) is 0 Å². The van der Waals surface area contributed by atoms with Crippen LogP contribution in [-0.2, 0) is 0 Å². The highest BCUT2D eigenvalue weighted by Crippen LogP contribution is 2.22. The number of hydrogen-bond donors (Lipinski definition) is 0. The van der Waals surface area contributed by atoms with E-state index in [1.54, 1.807) is 0 Å². The number of aromatic nitrogens is 2. The van der Waals surface area contributed by atoms with E-state index in [1.165, 1.54) is 16.7 Å². The van der Waals surface area contributed by atoms with Crippen LogP contribution in [0.4, 0.5) is 0 Å². The molecule has 0 saturated heterocycles. The summed E-state index contributed by atoms with van der Waals surface area (Å²) >= 11 is 0. The highest BCUT2D eigenvalue weighted by atomic mass is 15.3. The third-order valence-electron chi connectivity index (χ3n) is 3.27. The molecule has 17 heavy (non-hydrogen) atoms. The molecular weight excluding hydrogens is 208 g/mol. The minimum Gasteiger partial charge on any atom is -0.269 e. The van der Waals surface area contributed by atoms with Gasteiger partial charge in [0, 0.05) is 11.8 Å². The Hall–Kier alpha value is -1.57. The summed E-state index contributed by atoms with van der Waals surface area (Å²) in [7, 11) is 0. The van der Waals surface area contributed by atoms with Crippen LogP contribution in [0.2, 0.25) is 0 Å². The van der Waals surface area contributed by atoms with Crippen molar-refractivity contribution in [2.75, 3.05) is 0 Å². The van der Waals surface area contributed by atoms with Crippen molar-refractivity contribution in [3.63, 3.8) is 0 Å². The zero-order chi connectivity index (χ0) is 12.3. The molecule has 2 heteroatoms. The van der Waals surface area contributed by atoms with Gasteiger partial charge in [-0.15, -0.1) is 0 Å². The van der Waals surface area contributed by atoms with Gasteiger partial charge in [0.1, 0.15) is 0 Å². The summed E-state index contributed by atoms with van der Waals surface area (Å²) in [5.74, 6) is 0. The molecule has 2 aromatic rings. The van der Waals surface area contributed by atoms with Crippen LogP contribution in [0.25, 0.3) is 11.1 Å². The molecule has 0 atom stereocenters. The molecular formula is C15H20N2. The molecule has 0 amide bonds. The molecule has 0 N–H and O–H groups in total. The number of rotatable bonds is 4. The van der Waals surface area contributed by atoms with Gasteiger partial charge in [0.25, 0.3) is 0 Å². The van der Waals surface area contributed by atoms with Crippen LogP contribution < -0.4 is 0 Å². The second-order valence-electron chi connectivity index (χ2n) is 4.55. The van der Waals surface area contributed by atoms with Crippen LogP contribution in [0.3, 0.4) is 0 Å². The van der Waals surface area contributed by atoms with Crippen LogP contribution in [0.5, 0.6) is 0 Å². The van der Waals surface area contributed by atoms with Crippen LogP contribution in [0, 0.1) is 6.92 Å². The molecule has 1 heterocycles. The summed E-state index contributed by atoms with van der Waals surface area (Å²) in [6.07, 6.45) is 6.39. The number of nitrogens with zero attached hydrogens (tertiary/aromatic N) is 2. The first kappa shape index (κ1) is 11.9. The maximum absolute atomic E-state index is 4.48. The van der Waals surface area contributed by atoms with Gasteiger partial charge in [0.15, 0.2) is 0 Å². The van der Waals surface area contributed by atoms with Gasteiger partial charge < -0.3 is 0 Å². The van der Waals surface area contributed by atoms with Crippen LogP contribution in [-0.4, -0.2) is 9.78 Å². The highest BCUT2D eigenvalue weighted by Gasteiger charge is 2.08. The molecule has 0 saturated carbocycles. The average molecular weight is 228 g/mol. The number of hydrogen-bond acceptors (Lipinski definition) is 1. The molecule has 0 unspecified atom stereocenters. The van der Waals surface area contributed by atoms with Crippen LogP contribution >= 0.6 is 0 Å². The molecule has 2 nitrogen and oxygen atoms in total. The van der Waals surface area contributed by atoms with E-state index in [4.69, 9.17) is 0 Å². The van der Waals surface area contributed by atoms with Gasteiger partial charge in [0.05, 0.1) is 12.2 Å². The Morgan fingerprint density at radius 2 is 1.94 bits per heavy atom. The maximum atomic E-state index is 4.48. The lowest BCUT2D eigenvalue weighted by Crippen LogP contribution is -2.06.